The second-order valence-corrected chi connectivity index (χ2v) is 7.53. The Labute approximate surface area is 132 Å². The SMILES string of the molecule is CC(C)(C)[C@H](N)C(=O)Nc1ccc(NS(C)(=O)=O)cc1.Cl. The first-order valence-electron chi connectivity index (χ1n) is 6.13. The number of halogens is 1. The number of nitrogens with two attached hydrogens (primary N) is 1. The number of carbonyl (C=O) groups is 1. The molecule has 120 valence electrons. The van der Waals surface area contributed by atoms with Gasteiger partial charge in [-0.1, -0.05) is 20.8 Å². The molecule has 0 radical (unpaired) electrons. The number of sulfonamides is 1. The van der Waals surface area contributed by atoms with E-state index in [9.17, 15) is 13.2 Å². The van der Waals surface area contributed by atoms with Gasteiger partial charge in [-0.25, -0.2) is 8.42 Å². The summed E-state index contributed by atoms with van der Waals surface area (Å²) in [6, 6.07) is 5.73. The van der Waals surface area contributed by atoms with E-state index in [1.165, 1.54) is 0 Å². The summed E-state index contributed by atoms with van der Waals surface area (Å²) in [6.45, 7) is 5.66. The summed E-state index contributed by atoms with van der Waals surface area (Å²) in [7, 11) is -3.30. The largest absolute Gasteiger partial charge is 0.325 e. The van der Waals surface area contributed by atoms with Crippen LogP contribution in [-0.2, 0) is 14.8 Å². The van der Waals surface area contributed by atoms with Crippen LogP contribution in [0.15, 0.2) is 24.3 Å². The first kappa shape index (κ1) is 19.7. The van der Waals surface area contributed by atoms with Gasteiger partial charge >= 0.3 is 0 Å². The Hall–Kier alpha value is -1.31. The minimum Gasteiger partial charge on any atom is -0.325 e. The number of hydrogen-bond acceptors (Lipinski definition) is 4. The summed E-state index contributed by atoms with van der Waals surface area (Å²) in [5.41, 5.74) is 6.52. The lowest BCUT2D eigenvalue weighted by atomic mass is 9.87. The lowest BCUT2D eigenvalue weighted by molar-refractivity contribution is -0.119. The Morgan fingerprint density at radius 1 is 1.14 bits per heavy atom. The van der Waals surface area contributed by atoms with E-state index in [-0.39, 0.29) is 23.7 Å². The second-order valence-electron chi connectivity index (χ2n) is 5.78. The van der Waals surface area contributed by atoms with Gasteiger partial charge in [-0.3, -0.25) is 9.52 Å². The zero-order valence-corrected chi connectivity index (χ0v) is 14.1. The van der Waals surface area contributed by atoms with Crippen molar-refractivity contribution in [2.24, 2.45) is 11.1 Å². The highest BCUT2D eigenvalue weighted by molar-refractivity contribution is 7.92. The van der Waals surface area contributed by atoms with Crippen LogP contribution in [0.5, 0.6) is 0 Å². The van der Waals surface area contributed by atoms with E-state index in [1.54, 1.807) is 24.3 Å². The molecule has 0 aromatic heterocycles. The molecule has 0 aliphatic carbocycles. The number of rotatable bonds is 4. The summed E-state index contributed by atoms with van der Waals surface area (Å²) in [5.74, 6) is -0.277. The van der Waals surface area contributed by atoms with Crippen molar-refractivity contribution in [3.8, 4) is 0 Å². The smallest absolute Gasteiger partial charge is 0.241 e. The van der Waals surface area contributed by atoms with Gasteiger partial charge in [0.2, 0.25) is 15.9 Å². The molecule has 0 aliphatic rings. The standard InChI is InChI=1S/C13H21N3O3S.ClH/c1-13(2,3)11(14)12(17)15-9-5-7-10(8-6-9)16-20(4,18)19;/h5-8,11,16H,14H2,1-4H3,(H,15,17);1H/t11-;/m1./s1. The predicted octanol–water partition coefficient (Wildman–Crippen LogP) is 1.79. The van der Waals surface area contributed by atoms with Crippen LogP contribution >= 0.6 is 12.4 Å². The molecular formula is C13H22ClN3O3S. The summed E-state index contributed by atoms with van der Waals surface area (Å²) < 4.78 is 24.5. The maximum atomic E-state index is 11.9. The number of carbonyl (C=O) groups excluding carboxylic acids is 1. The first-order valence-corrected chi connectivity index (χ1v) is 8.02. The number of anilines is 2. The molecule has 1 atom stereocenters. The van der Waals surface area contributed by atoms with Crippen LogP contribution in [0.3, 0.4) is 0 Å². The van der Waals surface area contributed by atoms with E-state index in [2.05, 4.69) is 10.0 Å². The summed E-state index contributed by atoms with van der Waals surface area (Å²) in [4.78, 5) is 11.9. The molecule has 0 heterocycles. The molecule has 4 N–H and O–H groups in total. The fourth-order valence-electron chi connectivity index (χ4n) is 1.45. The number of nitrogens with one attached hydrogen (secondary N) is 2. The Morgan fingerprint density at radius 3 is 1.95 bits per heavy atom. The first-order chi connectivity index (χ1) is 8.99. The highest BCUT2D eigenvalue weighted by Crippen LogP contribution is 2.20. The molecular weight excluding hydrogens is 314 g/mol. The fraction of sp³-hybridized carbons (Fsp3) is 0.462. The van der Waals surface area contributed by atoms with Gasteiger partial charge in [-0.05, 0) is 29.7 Å². The third-order valence-corrected chi connectivity index (χ3v) is 3.28. The number of benzene rings is 1. The molecule has 1 rings (SSSR count). The third kappa shape index (κ3) is 6.79. The lowest BCUT2D eigenvalue weighted by Crippen LogP contribution is -2.45. The summed E-state index contributed by atoms with van der Waals surface area (Å²) in [5, 5.41) is 2.70. The van der Waals surface area contributed by atoms with Gasteiger partial charge in [0.05, 0.1) is 12.3 Å². The zero-order valence-electron chi connectivity index (χ0n) is 12.5. The van der Waals surface area contributed by atoms with E-state index in [1.807, 2.05) is 20.8 Å². The zero-order chi connectivity index (χ0) is 15.6. The van der Waals surface area contributed by atoms with Gasteiger partial charge in [-0.15, -0.1) is 12.4 Å². The van der Waals surface area contributed by atoms with Crippen molar-refractivity contribution in [3.63, 3.8) is 0 Å². The van der Waals surface area contributed by atoms with E-state index in [0.29, 0.717) is 11.4 Å². The molecule has 8 heteroatoms. The van der Waals surface area contributed by atoms with Crippen LogP contribution in [0.1, 0.15) is 20.8 Å². The Kier molecular flexibility index (Phi) is 6.66. The molecule has 1 aromatic carbocycles. The Morgan fingerprint density at radius 2 is 1.57 bits per heavy atom. The molecule has 21 heavy (non-hydrogen) atoms. The molecule has 0 saturated carbocycles. The van der Waals surface area contributed by atoms with Crippen molar-refractivity contribution in [2.75, 3.05) is 16.3 Å². The molecule has 0 bridgehead atoms. The minimum absolute atomic E-state index is 0. The number of amides is 1. The van der Waals surface area contributed by atoms with Crippen LogP contribution in [0.4, 0.5) is 11.4 Å². The molecule has 0 unspecified atom stereocenters. The maximum absolute atomic E-state index is 11.9. The van der Waals surface area contributed by atoms with Gasteiger partial charge in [0.15, 0.2) is 0 Å². The average Bonchev–Trinajstić information content (AvgIpc) is 2.27. The molecule has 1 aromatic rings. The van der Waals surface area contributed by atoms with Gasteiger partial charge in [0.25, 0.3) is 0 Å². The molecule has 0 aliphatic heterocycles. The van der Waals surface area contributed by atoms with Crippen LogP contribution < -0.4 is 15.8 Å². The molecule has 6 nitrogen and oxygen atoms in total. The van der Waals surface area contributed by atoms with E-state index in [0.717, 1.165) is 6.26 Å². The Balaban J connectivity index is 0.00000400. The summed E-state index contributed by atoms with van der Waals surface area (Å²) >= 11 is 0. The van der Waals surface area contributed by atoms with Crippen LogP contribution in [-0.4, -0.2) is 26.6 Å². The normalized spacial score (nSPS) is 13.0. The quantitative estimate of drug-likeness (QED) is 0.780. The van der Waals surface area contributed by atoms with E-state index >= 15 is 0 Å². The topological polar surface area (TPSA) is 101 Å². The Bertz CT molecular complexity index is 580. The van der Waals surface area contributed by atoms with E-state index < -0.39 is 16.1 Å². The van der Waals surface area contributed by atoms with Crippen molar-refractivity contribution < 1.29 is 13.2 Å². The van der Waals surface area contributed by atoms with Crippen molar-refractivity contribution in [1.82, 2.24) is 0 Å². The van der Waals surface area contributed by atoms with Crippen molar-refractivity contribution in [3.05, 3.63) is 24.3 Å². The fourth-order valence-corrected chi connectivity index (χ4v) is 2.01. The lowest BCUT2D eigenvalue weighted by Gasteiger charge is -2.25. The predicted molar refractivity (Wildman–Crippen MR) is 88.2 cm³/mol. The van der Waals surface area contributed by atoms with Crippen molar-refractivity contribution in [1.29, 1.82) is 0 Å². The van der Waals surface area contributed by atoms with Gasteiger partial charge < -0.3 is 11.1 Å². The molecule has 0 saturated heterocycles. The average molecular weight is 336 g/mol. The monoisotopic (exact) mass is 335 g/mol. The van der Waals surface area contributed by atoms with Gasteiger partial charge in [-0.2, -0.15) is 0 Å². The highest BCUT2D eigenvalue weighted by Gasteiger charge is 2.27. The van der Waals surface area contributed by atoms with Crippen LogP contribution in [0.25, 0.3) is 0 Å². The van der Waals surface area contributed by atoms with E-state index in [4.69, 9.17) is 5.73 Å². The highest BCUT2D eigenvalue weighted by atomic mass is 35.5. The number of hydrogen-bond donors (Lipinski definition) is 3. The second kappa shape index (κ2) is 7.11. The molecule has 1 amide bonds. The van der Waals surface area contributed by atoms with Crippen LogP contribution in [0.2, 0.25) is 0 Å². The van der Waals surface area contributed by atoms with Crippen molar-refractivity contribution in [2.45, 2.75) is 26.8 Å². The maximum Gasteiger partial charge on any atom is 0.241 e. The van der Waals surface area contributed by atoms with Crippen molar-refractivity contribution >= 4 is 39.7 Å². The third-order valence-electron chi connectivity index (χ3n) is 2.67. The molecule has 0 fully saturated rings. The molecule has 0 spiro atoms. The minimum atomic E-state index is -3.30. The van der Waals surface area contributed by atoms with Gasteiger partial charge in [0.1, 0.15) is 0 Å². The summed E-state index contributed by atoms with van der Waals surface area (Å²) in [6.07, 6.45) is 1.07. The van der Waals surface area contributed by atoms with Crippen LogP contribution in [0, 0.1) is 5.41 Å². The van der Waals surface area contributed by atoms with Gasteiger partial charge in [0, 0.05) is 11.4 Å².